The summed E-state index contributed by atoms with van der Waals surface area (Å²) in [5.41, 5.74) is 0. The molecule has 0 saturated carbocycles. The predicted octanol–water partition coefficient (Wildman–Crippen LogP) is 1.41. The Morgan fingerprint density at radius 2 is 1.00 bits per heavy atom. The van der Waals surface area contributed by atoms with E-state index in [1.54, 1.807) is 0 Å². The molecule has 0 atom stereocenters. The van der Waals surface area contributed by atoms with Crippen LogP contribution in [0.15, 0.2) is 0 Å². The van der Waals surface area contributed by atoms with Crippen LogP contribution in [0.1, 0.15) is 1.43 Å². The molecular weight excluding hydrogens is 152 g/mol. The van der Waals surface area contributed by atoms with E-state index in [1.807, 2.05) is 0 Å². The Bertz CT molecular complexity index is 27.2. The Hall–Kier alpha value is 0.408. The molecular formula is HBF4Zn. The first-order valence-corrected chi connectivity index (χ1v) is 0.873. The SMILES string of the molecule is F[B-](F)(F)F.[H+].[Zn]. The van der Waals surface area contributed by atoms with E-state index in [-0.39, 0.29) is 20.9 Å². The monoisotopic (exact) mass is 152 g/mol. The molecule has 6 heavy (non-hydrogen) atoms. The molecule has 0 aliphatic rings. The van der Waals surface area contributed by atoms with Crippen LogP contribution in [0.2, 0.25) is 0 Å². The van der Waals surface area contributed by atoms with Gasteiger partial charge < -0.3 is 17.3 Å². The Balaban J connectivity index is -0.0000000800. The summed E-state index contributed by atoms with van der Waals surface area (Å²) in [5.74, 6) is 0. The van der Waals surface area contributed by atoms with Crippen molar-refractivity contribution in [1.82, 2.24) is 0 Å². The van der Waals surface area contributed by atoms with Crippen molar-refractivity contribution in [1.29, 1.82) is 0 Å². The van der Waals surface area contributed by atoms with Crippen molar-refractivity contribution in [2.45, 2.75) is 0 Å². The van der Waals surface area contributed by atoms with Crippen LogP contribution < -0.4 is 0 Å². The quantitative estimate of drug-likeness (QED) is 0.364. The first-order valence-electron chi connectivity index (χ1n) is 0.873. The molecule has 0 N–H and O–H groups in total. The van der Waals surface area contributed by atoms with E-state index >= 15 is 0 Å². The molecule has 0 radical (unpaired) electrons. The van der Waals surface area contributed by atoms with Gasteiger partial charge in [0.05, 0.1) is 0 Å². The normalized spacial score (nSPS) is 10.0. The molecule has 0 fully saturated rings. The number of hydrogen-bond acceptors (Lipinski definition) is 0. The minimum Gasteiger partial charge on any atom is -0.418 e. The van der Waals surface area contributed by atoms with Crippen LogP contribution in [0.4, 0.5) is 17.3 Å². The molecule has 0 rings (SSSR count). The molecule has 0 nitrogen and oxygen atoms in total. The summed E-state index contributed by atoms with van der Waals surface area (Å²) in [5, 5.41) is 0. The second-order valence-electron chi connectivity index (χ2n) is 0.495. The number of hydrogen-bond donors (Lipinski definition) is 0. The Morgan fingerprint density at radius 3 is 1.00 bits per heavy atom. The van der Waals surface area contributed by atoms with Gasteiger partial charge in [0.25, 0.3) is 0 Å². The summed E-state index contributed by atoms with van der Waals surface area (Å²) in [6.45, 7) is 0. The van der Waals surface area contributed by atoms with Gasteiger partial charge in [0, 0.05) is 19.5 Å². The Labute approximate surface area is 46.3 Å². The second-order valence-corrected chi connectivity index (χ2v) is 0.495. The molecule has 0 spiro atoms. The van der Waals surface area contributed by atoms with Gasteiger partial charge in [0.1, 0.15) is 0 Å². The summed E-state index contributed by atoms with van der Waals surface area (Å²) in [7, 11) is -6.00. The second kappa shape index (κ2) is 2.56. The maximum absolute atomic E-state index is 9.75. The third-order valence-corrected chi connectivity index (χ3v) is 0. The molecule has 0 saturated heterocycles. The topological polar surface area (TPSA) is 0 Å². The maximum Gasteiger partial charge on any atom is 1.00 e. The fraction of sp³-hybridized carbons (Fsp3) is 0. The van der Waals surface area contributed by atoms with Crippen molar-refractivity contribution < 1.29 is 38.2 Å². The summed E-state index contributed by atoms with van der Waals surface area (Å²) < 4.78 is 39.0. The standard InChI is InChI=1S/BF4.Zn/c2-1(3,4)5;/q-1;/p+1. The van der Waals surface area contributed by atoms with Crippen LogP contribution in [0, 0.1) is 0 Å². The molecule has 0 bridgehead atoms. The van der Waals surface area contributed by atoms with Gasteiger partial charge >= 0.3 is 8.68 Å². The minimum atomic E-state index is -6.00. The Kier molecular flexibility index (Phi) is 4.11. The molecule has 34 valence electrons. The largest absolute Gasteiger partial charge is 1.00 e. The van der Waals surface area contributed by atoms with E-state index in [9.17, 15) is 17.3 Å². The average Bonchev–Trinajstić information content (AvgIpc) is 0.722. The minimum absolute atomic E-state index is 0. The zero-order valence-corrected chi connectivity index (χ0v) is 5.76. The van der Waals surface area contributed by atoms with E-state index in [0.717, 1.165) is 0 Å². The molecule has 6 heteroatoms. The molecule has 0 heterocycles. The average molecular weight is 153 g/mol. The van der Waals surface area contributed by atoms with Crippen molar-refractivity contribution in [3.05, 3.63) is 0 Å². The van der Waals surface area contributed by atoms with Crippen molar-refractivity contribution >= 4 is 7.25 Å². The fourth-order valence-electron chi connectivity index (χ4n) is 0. The summed E-state index contributed by atoms with van der Waals surface area (Å²) >= 11 is 0. The van der Waals surface area contributed by atoms with Crippen LogP contribution in [-0.4, -0.2) is 7.25 Å². The molecule has 0 unspecified atom stereocenters. The third-order valence-electron chi connectivity index (χ3n) is 0. The molecule has 0 aliphatic heterocycles. The fourth-order valence-corrected chi connectivity index (χ4v) is 0. The van der Waals surface area contributed by atoms with Crippen LogP contribution in [0.25, 0.3) is 0 Å². The van der Waals surface area contributed by atoms with E-state index in [2.05, 4.69) is 0 Å². The molecule has 0 aromatic heterocycles. The van der Waals surface area contributed by atoms with Gasteiger partial charge in [-0.3, -0.25) is 0 Å². The van der Waals surface area contributed by atoms with Crippen molar-refractivity contribution in [3.8, 4) is 0 Å². The van der Waals surface area contributed by atoms with Crippen LogP contribution in [0.3, 0.4) is 0 Å². The summed E-state index contributed by atoms with van der Waals surface area (Å²) in [6.07, 6.45) is 0. The summed E-state index contributed by atoms with van der Waals surface area (Å²) in [6, 6.07) is 0. The van der Waals surface area contributed by atoms with Gasteiger partial charge in [0.2, 0.25) is 0 Å². The Morgan fingerprint density at radius 1 is 1.00 bits per heavy atom. The smallest absolute Gasteiger partial charge is 0.418 e. The van der Waals surface area contributed by atoms with E-state index in [4.69, 9.17) is 0 Å². The van der Waals surface area contributed by atoms with Crippen LogP contribution in [-0.2, 0) is 19.5 Å². The maximum atomic E-state index is 9.75. The first-order chi connectivity index (χ1) is 2.00. The van der Waals surface area contributed by atoms with Gasteiger partial charge in [0.15, 0.2) is 0 Å². The van der Waals surface area contributed by atoms with Gasteiger partial charge in [-0.2, -0.15) is 0 Å². The van der Waals surface area contributed by atoms with Gasteiger partial charge in [-0.1, -0.05) is 0 Å². The van der Waals surface area contributed by atoms with E-state index in [0.29, 0.717) is 0 Å². The zero-order valence-electron chi connectivity index (χ0n) is 3.80. The summed E-state index contributed by atoms with van der Waals surface area (Å²) in [4.78, 5) is 0. The van der Waals surface area contributed by atoms with E-state index < -0.39 is 7.25 Å². The third kappa shape index (κ3) is 307. The van der Waals surface area contributed by atoms with Gasteiger partial charge in [-0.15, -0.1) is 0 Å². The van der Waals surface area contributed by atoms with Crippen LogP contribution >= 0.6 is 0 Å². The van der Waals surface area contributed by atoms with Crippen molar-refractivity contribution in [2.75, 3.05) is 0 Å². The first kappa shape index (κ1) is 9.65. The molecule has 0 aliphatic carbocycles. The van der Waals surface area contributed by atoms with Gasteiger partial charge in [-0.05, 0) is 0 Å². The van der Waals surface area contributed by atoms with Crippen LogP contribution in [0.5, 0.6) is 0 Å². The predicted molar refractivity (Wildman–Crippen MR) is 11.3 cm³/mol. The van der Waals surface area contributed by atoms with Crippen molar-refractivity contribution in [2.24, 2.45) is 0 Å². The zero-order chi connectivity index (χ0) is 4.50. The number of rotatable bonds is 0. The van der Waals surface area contributed by atoms with E-state index in [1.165, 1.54) is 0 Å². The number of halogens is 4. The molecule has 0 aromatic rings. The molecule has 0 amide bonds. The molecule has 0 aromatic carbocycles. The van der Waals surface area contributed by atoms with Crippen molar-refractivity contribution in [3.63, 3.8) is 0 Å². The van der Waals surface area contributed by atoms with Gasteiger partial charge in [-0.25, -0.2) is 0 Å².